The van der Waals surface area contributed by atoms with Gasteiger partial charge in [-0.1, -0.05) is 102 Å². The zero-order valence-electron chi connectivity index (χ0n) is 32.7. The van der Waals surface area contributed by atoms with Crippen LogP contribution in [0.4, 0.5) is 4.79 Å². The highest BCUT2D eigenvalue weighted by molar-refractivity contribution is 5.96. The summed E-state index contributed by atoms with van der Waals surface area (Å²) >= 11 is 0. The van der Waals surface area contributed by atoms with E-state index in [0.29, 0.717) is 25.9 Å². The van der Waals surface area contributed by atoms with Crippen LogP contribution in [0.3, 0.4) is 0 Å². The van der Waals surface area contributed by atoms with Gasteiger partial charge in [-0.05, 0) is 61.0 Å². The first kappa shape index (κ1) is 43.5. The molecule has 54 heavy (non-hydrogen) atoms. The lowest BCUT2D eigenvalue weighted by molar-refractivity contribution is -0.135. The molecule has 1 fully saturated rings. The average Bonchev–Trinajstić information content (AvgIpc) is 3.13. The smallest absolute Gasteiger partial charge is 0.318 e. The minimum absolute atomic E-state index is 0.0661. The van der Waals surface area contributed by atoms with Gasteiger partial charge in [-0.25, -0.2) is 4.79 Å². The van der Waals surface area contributed by atoms with Crippen molar-refractivity contribution in [1.29, 1.82) is 0 Å². The summed E-state index contributed by atoms with van der Waals surface area (Å²) in [5.74, 6) is -3.20. The van der Waals surface area contributed by atoms with Crippen molar-refractivity contribution < 1.29 is 28.8 Å². The number of carbonyl (C=O) groups is 6. The molecule has 13 nitrogen and oxygen atoms in total. The molecule has 2 aromatic carbocycles. The van der Waals surface area contributed by atoms with Crippen molar-refractivity contribution in [3.05, 3.63) is 71.8 Å². The Balaban J connectivity index is 1.85. The van der Waals surface area contributed by atoms with Crippen LogP contribution in [-0.4, -0.2) is 83.8 Å². The molecule has 0 spiro atoms. The maximum Gasteiger partial charge on any atom is 0.318 e. The summed E-state index contributed by atoms with van der Waals surface area (Å²) in [6.45, 7) is 12.5. The Morgan fingerprint density at radius 1 is 0.556 bits per heavy atom. The van der Waals surface area contributed by atoms with Crippen molar-refractivity contribution in [3.8, 4) is 0 Å². The summed E-state index contributed by atoms with van der Waals surface area (Å²) in [5, 5.41) is 14.1. The van der Waals surface area contributed by atoms with Crippen LogP contribution in [0.25, 0.3) is 0 Å². The fourth-order valence-electron chi connectivity index (χ4n) is 6.47. The number of hydrogen-bond donors (Lipinski definition) is 6. The molecular formula is C41H61N7O6. The zero-order valence-corrected chi connectivity index (χ0v) is 32.7. The molecule has 0 unspecified atom stereocenters. The number of benzene rings is 2. The van der Waals surface area contributed by atoms with Crippen molar-refractivity contribution >= 4 is 35.6 Å². The first-order valence-corrected chi connectivity index (χ1v) is 19.3. The van der Waals surface area contributed by atoms with Gasteiger partial charge in [-0.15, -0.1) is 0 Å². The largest absolute Gasteiger partial charge is 0.368 e. The van der Waals surface area contributed by atoms with Crippen LogP contribution in [0.15, 0.2) is 60.7 Å². The summed E-state index contributed by atoms with van der Waals surface area (Å²) in [6.07, 6.45) is 3.77. The topological polar surface area (TPSA) is 192 Å². The van der Waals surface area contributed by atoms with Crippen LogP contribution >= 0.6 is 0 Å². The van der Waals surface area contributed by atoms with E-state index in [2.05, 4.69) is 26.6 Å². The van der Waals surface area contributed by atoms with E-state index in [4.69, 9.17) is 5.73 Å². The first-order valence-electron chi connectivity index (χ1n) is 19.3. The average molecular weight is 748 g/mol. The number of carbonyl (C=O) groups excluding carboxylic acids is 6. The molecule has 296 valence electrons. The van der Waals surface area contributed by atoms with Crippen LogP contribution in [0.5, 0.6) is 0 Å². The fraction of sp³-hybridized carbons (Fsp3) is 0.561. The molecule has 0 saturated carbocycles. The third-order valence-electron chi connectivity index (χ3n) is 9.41. The number of amides is 7. The van der Waals surface area contributed by atoms with Crippen LogP contribution in [0, 0.1) is 17.8 Å². The molecule has 0 aliphatic carbocycles. The van der Waals surface area contributed by atoms with E-state index in [0.717, 1.165) is 30.4 Å². The molecule has 0 radical (unpaired) electrons. The molecule has 0 bridgehead atoms. The van der Waals surface area contributed by atoms with Gasteiger partial charge in [-0.3, -0.25) is 24.0 Å². The highest BCUT2D eigenvalue weighted by Crippen LogP contribution is 2.14. The normalized spacial score (nSPS) is 15.8. The number of piperidine rings is 1. The van der Waals surface area contributed by atoms with E-state index in [1.54, 1.807) is 18.7 Å². The van der Waals surface area contributed by atoms with Gasteiger partial charge < -0.3 is 37.2 Å². The maximum absolute atomic E-state index is 14.2. The second-order valence-corrected chi connectivity index (χ2v) is 15.5. The molecule has 13 heteroatoms. The Morgan fingerprint density at radius 2 is 0.981 bits per heavy atom. The van der Waals surface area contributed by atoms with E-state index in [9.17, 15) is 28.8 Å². The lowest BCUT2D eigenvalue weighted by atomic mass is 9.98. The molecule has 2 aromatic rings. The van der Waals surface area contributed by atoms with E-state index in [-0.39, 0.29) is 36.6 Å². The quantitative estimate of drug-likeness (QED) is 0.128. The summed E-state index contributed by atoms with van der Waals surface area (Å²) in [7, 11) is 0. The molecule has 1 saturated heterocycles. The number of rotatable bonds is 19. The van der Waals surface area contributed by atoms with Crippen LogP contribution in [-0.2, 0) is 36.8 Å². The van der Waals surface area contributed by atoms with Crippen molar-refractivity contribution in [2.75, 3.05) is 13.1 Å². The summed E-state index contributed by atoms with van der Waals surface area (Å²) < 4.78 is 0. The van der Waals surface area contributed by atoms with Gasteiger partial charge in [0.15, 0.2) is 0 Å². The Kier molecular flexibility index (Phi) is 17.5. The Morgan fingerprint density at radius 3 is 1.43 bits per heavy atom. The molecule has 1 aliphatic heterocycles. The van der Waals surface area contributed by atoms with E-state index >= 15 is 0 Å². The van der Waals surface area contributed by atoms with Gasteiger partial charge in [0.05, 0.1) is 0 Å². The number of nitrogens with one attached hydrogen (secondary N) is 5. The van der Waals surface area contributed by atoms with Crippen molar-refractivity contribution in [2.24, 2.45) is 23.5 Å². The number of hydrogen-bond acceptors (Lipinski definition) is 6. The van der Waals surface area contributed by atoms with Gasteiger partial charge in [0.2, 0.25) is 29.5 Å². The first-order chi connectivity index (χ1) is 25.6. The summed E-state index contributed by atoms with van der Waals surface area (Å²) in [5.41, 5.74) is 7.15. The number of likely N-dealkylation sites (tertiary alicyclic amines) is 1. The SMILES string of the molecule is CC(C)C[C@@H](NC(=O)[C@@H](Cc1ccccc1)NC(=O)[C@@H](Cc1ccccc1)NC(=O)[C@H](NC(=O)[C@@H](CC(C)C)NC(=O)N1CCCCC1)C(C)C)C(N)=O. The lowest BCUT2D eigenvalue weighted by Crippen LogP contribution is -2.61. The van der Waals surface area contributed by atoms with Gasteiger partial charge >= 0.3 is 6.03 Å². The van der Waals surface area contributed by atoms with Gasteiger partial charge in [0.25, 0.3) is 0 Å². The number of urea groups is 1. The van der Waals surface area contributed by atoms with E-state index in [1.165, 1.54) is 0 Å². The molecule has 7 amide bonds. The van der Waals surface area contributed by atoms with Crippen molar-refractivity contribution in [3.63, 3.8) is 0 Å². The van der Waals surface area contributed by atoms with Crippen LogP contribution in [0.2, 0.25) is 0 Å². The van der Waals surface area contributed by atoms with Crippen LogP contribution in [0.1, 0.15) is 84.8 Å². The third-order valence-corrected chi connectivity index (χ3v) is 9.41. The Hall–Kier alpha value is -4.94. The van der Waals surface area contributed by atoms with E-state index in [1.807, 2.05) is 88.4 Å². The fourth-order valence-corrected chi connectivity index (χ4v) is 6.47. The zero-order chi connectivity index (χ0) is 39.8. The van der Waals surface area contributed by atoms with Crippen molar-refractivity contribution in [2.45, 2.75) is 117 Å². The van der Waals surface area contributed by atoms with Gasteiger partial charge in [0.1, 0.15) is 30.2 Å². The monoisotopic (exact) mass is 747 g/mol. The minimum atomic E-state index is -1.14. The molecule has 1 heterocycles. The number of primary amides is 1. The second kappa shape index (κ2) is 21.7. The summed E-state index contributed by atoms with van der Waals surface area (Å²) in [4.78, 5) is 82.7. The molecular weight excluding hydrogens is 686 g/mol. The molecule has 5 atom stereocenters. The lowest BCUT2D eigenvalue weighted by Gasteiger charge is -2.31. The second-order valence-electron chi connectivity index (χ2n) is 15.5. The molecule has 7 N–H and O–H groups in total. The predicted octanol–water partition coefficient (Wildman–Crippen LogP) is 3.21. The molecule has 1 aliphatic rings. The standard InChI is InChI=1S/C41H61N7O6/c1-26(2)22-31(36(42)49)43-37(50)33(24-29-16-10-7-11-17-29)44-38(51)34(25-30-18-12-8-13-19-30)45-40(53)35(28(5)6)47-39(52)32(23-27(3)4)46-41(54)48-20-14-9-15-21-48/h7-8,10-13,16-19,26-28,31-35H,9,14-15,20-25H2,1-6H3,(H2,42,49)(H,43,50)(H,44,51)(H,45,53)(H,46,54)(H,47,52)/t31-,32-,33-,34-,35-/m1/s1. The number of nitrogens with two attached hydrogens (primary N) is 1. The highest BCUT2D eigenvalue weighted by Gasteiger charge is 2.34. The third kappa shape index (κ3) is 14.5. The van der Waals surface area contributed by atoms with Gasteiger partial charge in [-0.2, -0.15) is 0 Å². The minimum Gasteiger partial charge on any atom is -0.368 e. The predicted molar refractivity (Wildman–Crippen MR) is 209 cm³/mol. The maximum atomic E-state index is 14.2. The Labute approximate surface area is 320 Å². The molecule has 0 aromatic heterocycles. The van der Waals surface area contributed by atoms with Gasteiger partial charge in [0, 0.05) is 25.9 Å². The number of nitrogens with zero attached hydrogens (tertiary/aromatic N) is 1. The van der Waals surface area contributed by atoms with Crippen LogP contribution < -0.4 is 32.3 Å². The molecule has 3 rings (SSSR count). The summed E-state index contributed by atoms with van der Waals surface area (Å²) in [6, 6.07) is 12.9. The highest BCUT2D eigenvalue weighted by atomic mass is 16.2. The van der Waals surface area contributed by atoms with Crippen molar-refractivity contribution in [1.82, 2.24) is 31.5 Å². The Bertz CT molecular complexity index is 1530. The van der Waals surface area contributed by atoms with E-state index < -0.39 is 59.7 Å².